The standard InChI is InChI=1S/C19H12BrCl2N3O2S/c1-10-3-2-4-24-16(10)25(9-14-8-23-19(22)28-14)18(27)15(17(24)26)11-5-12(20)7-13(21)6-11/h2-8H,9H2,1H3/p+2. The molecule has 1 atom stereocenters. The molecule has 28 heavy (non-hydrogen) atoms. The van der Waals surface area contributed by atoms with Crippen LogP contribution in [0.25, 0.3) is 11.5 Å². The highest BCUT2D eigenvalue weighted by atomic mass is 79.9. The zero-order valence-corrected chi connectivity index (χ0v) is 18.5. The topological polar surface area (TPSA) is 58.5 Å². The molecule has 3 heterocycles. The van der Waals surface area contributed by atoms with Gasteiger partial charge in [0, 0.05) is 27.3 Å². The Bertz CT molecular complexity index is 1130. The van der Waals surface area contributed by atoms with E-state index >= 15 is 0 Å². The quantitative estimate of drug-likeness (QED) is 0.537. The molecule has 1 aromatic carbocycles. The number of pyridine rings is 1. The lowest BCUT2D eigenvalue weighted by atomic mass is 10.0. The maximum atomic E-state index is 13.5. The lowest BCUT2D eigenvalue weighted by molar-refractivity contribution is -0.838. The molecular formula is C19H14BrCl2N3O2S+2. The minimum absolute atomic E-state index is 0.121. The molecule has 1 aliphatic heterocycles. The minimum Gasteiger partial charge on any atom is -0.459 e. The van der Waals surface area contributed by atoms with Gasteiger partial charge in [-0.05, 0) is 31.2 Å². The number of hydrogen-bond acceptors (Lipinski definition) is 4. The number of nitrogens with one attached hydrogen (secondary N) is 1. The predicted octanol–water partition coefficient (Wildman–Crippen LogP) is 3.95. The summed E-state index contributed by atoms with van der Waals surface area (Å²) in [5, 5.41) is 11.4. The van der Waals surface area contributed by atoms with Gasteiger partial charge in [-0.3, -0.25) is 0 Å². The number of carbonyl (C=O) groups excluding carboxylic acids is 1. The molecule has 9 heteroatoms. The monoisotopic (exact) mass is 497 g/mol. The molecule has 1 aliphatic rings. The summed E-state index contributed by atoms with van der Waals surface area (Å²) in [7, 11) is 0. The number of aryl methyl sites for hydroxylation is 1. The summed E-state index contributed by atoms with van der Waals surface area (Å²) in [6.07, 6.45) is 3.41. The highest BCUT2D eigenvalue weighted by Crippen LogP contribution is 2.28. The van der Waals surface area contributed by atoms with Crippen LogP contribution in [-0.2, 0) is 11.3 Å². The number of amides is 1. The van der Waals surface area contributed by atoms with Crippen molar-refractivity contribution in [1.82, 2.24) is 4.98 Å². The van der Waals surface area contributed by atoms with Crippen LogP contribution >= 0.6 is 50.5 Å². The number of aromatic nitrogens is 2. The summed E-state index contributed by atoms with van der Waals surface area (Å²) >= 11 is 16.9. The number of fused-ring (bicyclic) bond motifs is 1. The molecule has 0 saturated heterocycles. The average Bonchev–Trinajstić information content (AvgIpc) is 3.03. The summed E-state index contributed by atoms with van der Waals surface area (Å²) in [6, 6.07) is 8.89. The molecule has 1 amide bonds. The normalized spacial score (nSPS) is 16.4. The number of hydrogen-bond donors (Lipinski definition) is 2. The Morgan fingerprint density at radius 3 is 2.79 bits per heavy atom. The molecular weight excluding hydrogens is 485 g/mol. The summed E-state index contributed by atoms with van der Waals surface area (Å²) in [6.45, 7) is 2.28. The first-order chi connectivity index (χ1) is 13.3. The van der Waals surface area contributed by atoms with Crippen LogP contribution in [0.15, 0.2) is 47.2 Å². The molecule has 1 unspecified atom stereocenters. The molecule has 0 aliphatic carbocycles. The van der Waals surface area contributed by atoms with Crippen LogP contribution in [0.4, 0.5) is 5.82 Å². The van der Waals surface area contributed by atoms with E-state index in [1.54, 1.807) is 35.2 Å². The van der Waals surface area contributed by atoms with Crippen molar-refractivity contribution in [1.29, 1.82) is 0 Å². The lowest BCUT2D eigenvalue weighted by Crippen LogP contribution is -3.11. The Morgan fingerprint density at radius 2 is 2.11 bits per heavy atom. The third kappa shape index (κ3) is 3.49. The van der Waals surface area contributed by atoms with Gasteiger partial charge < -0.3 is 5.11 Å². The van der Waals surface area contributed by atoms with Gasteiger partial charge >= 0.3 is 17.6 Å². The molecule has 0 saturated carbocycles. The van der Waals surface area contributed by atoms with Gasteiger partial charge in [0.2, 0.25) is 0 Å². The Labute approximate surface area is 183 Å². The van der Waals surface area contributed by atoms with Gasteiger partial charge in [-0.15, -0.1) is 11.3 Å². The largest absolute Gasteiger partial charge is 0.459 e. The molecule has 2 aromatic heterocycles. The van der Waals surface area contributed by atoms with Crippen LogP contribution in [0.5, 0.6) is 0 Å². The Balaban J connectivity index is 1.91. The number of nitrogens with zero attached hydrogens (tertiary/aromatic N) is 2. The highest BCUT2D eigenvalue weighted by Gasteiger charge is 2.46. The second-order valence-electron chi connectivity index (χ2n) is 6.33. The number of carbonyl (C=O) groups is 1. The van der Waals surface area contributed by atoms with Gasteiger partial charge in [0.25, 0.3) is 0 Å². The Kier molecular flexibility index (Phi) is 5.28. The highest BCUT2D eigenvalue weighted by molar-refractivity contribution is 9.10. The van der Waals surface area contributed by atoms with E-state index < -0.39 is 0 Å². The summed E-state index contributed by atoms with van der Waals surface area (Å²) in [5.74, 6) is 0.314. The summed E-state index contributed by atoms with van der Waals surface area (Å²) in [5.41, 5.74) is 1.64. The molecule has 0 spiro atoms. The van der Waals surface area contributed by atoms with Crippen LogP contribution in [0.1, 0.15) is 16.0 Å². The molecule has 142 valence electrons. The van der Waals surface area contributed by atoms with Gasteiger partial charge in [0.15, 0.2) is 16.2 Å². The van der Waals surface area contributed by atoms with E-state index in [0.29, 0.717) is 32.3 Å². The first-order valence-corrected chi connectivity index (χ1v) is 10.6. The van der Waals surface area contributed by atoms with Crippen molar-refractivity contribution in [3.63, 3.8) is 0 Å². The molecule has 0 bridgehead atoms. The fraction of sp³-hybridized carbons (Fsp3) is 0.105. The number of aliphatic hydroxyl groups excluding tert-OH is 1. The van der Waals surface area contributed by atoms with Gasteiger partial charge in [-0.25, -0.2) is 9.78 Å². The van der Waals surface area contributed by atoms with Gasteiger partial charge in [0.1, 0.15) is 6.54 Å². The van der Waals surface area contributed by atoms with E-state index in [0.717, 1.165) is 14.9 Å². The summed E-state index contributed by atoms with van der Waals surface area (Å²) in [4.78, 5) is 19.0. The third-order valence-electron chi connectivity index (χ3n) is 4.46. The van der Waals surface area contributed by atoms with Crippen molar-refractivity contribution in [3.8, 4) is 0 Å². The minimum atomic E-state index is -0.245. The van der Waals surface area contributed by atoms with Crippen LogP contribution in [0.3, 0.4) is 0 Å². The number of thiazole rings is 1. The maximum absolute atomic E-state index is 13.5. The second-order valence-corrected chi connectivity index (χ2v) is 9.38. The molecule has 5 nitrogen and oxygen atoms in total. The van der Waals surface area contributed by atoms with Crippen LogP contribution < -0.4 is 9.47 Å². The van der Waals surface area contributed by atoms with E-state index in [2.05, 4.69) is 20.9 Å². The van der Waals surface area contributed by atoms with Crippen LogP contribution in [0.2, 0.25) is 9.49 Å². The number of halogens is 3. The van der Waals surface area contributed by atoms with E-state index in [9.17, 15) is 9.90 Å². The molecule has 0 fully saturated rings. The number of aliphatic hydroxyl groups is 1. The zero-order chi connectivity index (χ0) is 20.0. The van der Waals surface area contributed by atoms with Crippen molar-refractivity contribution in [3.05, 3.63) is 72.7 Å². The lowest BCUT2D eigenvalue weighted by Gasteiger charge is -2.20. The zero-order valence-electron chi connectivity index (χ0n) is 14.5. The van der Waals surface area contributed by atoms with E-state index in [1.165, 1.54) is 11.3 Å². The van der Waals surface area contributed by atoms with Crippen molar-refractivity contribution < 1.29 is 19.4 Å². The average molecular weight is 499 g/mol. The van der Waals surface area contributed by atoms with E-state index in [4.69, 9.17) is 23.2 Å². The molecule has 4 rings (SSSR count). The first kappa shape index (κ1) is 19.5. The Morgan fingerprint density at radius 1 is 1.32 bits per heavy atom. The van der Waals surface area contributed by atoms with E-state index in [-0.39, 0.29) is 17.4 Å². The number of rotatable bonds is 3. The third-order valence-corrected chi connectivity index (χ3v) is 6.25. The fourth-order valence-corrected chi connectivity index (χ4v) is 5.17. The number of benzene rings is 1. The SMILES string of the molecule is Cc1ccc[n+]2c1[NH+](Cc1cnc(Cl)s1)C(=O)C(c1cc(Cl)cc(Br)c1)=C2O. The van der Waals surface area contributed by atoms with Gasteiger partial charge in [0.05, 0.1) is 10.4 Å². The predicted molar refractivity (Wildman–Crippen MR) is 113 cm³/mol. The molecule has 0 radical (unpaired) electrons. The molecule has 3 aromatic rings. The molecule has 2 N–H and O–H groups in total. The smallest absolute Gasteiger partial charge is 0.393 e. The van der Waals surface area contributed by atoms with Gasteiger partial charge in [-0.1, -0.05) is 43.7 Å². The van der Waals surface area contributed by atoms with Crippen LogP contribution in [0, 0.1) is 6.92 Å². The summed E-state index contributed by atoms with van der Waals surface area (Å²) < 4.78 is 2.78. The van der Waals surface area contributed by atoms with Crippen molar-refractivity contribution in [2.45, 2.75) is 13.5 Å². The second kappa shape index (κ2) is 7.57. The maximum Gasteiger partial charge on any atom is 0.393 e. The van der Waals surface area contributed by atoms with Gasteiger partial charge in [-0.2, -0.15) is 4.90 Å². The Hall–Kier alpha value is -1.77. The fourth-order valence-electron chi connectivity index (χ4n) is 3.32. The number of quaternary nitrogens is 1. The van der Waals surface area contributed by atoms with E-state index in [1.807, 2.05) is 19.1 Å². The van der Waals surface area contributed by atoms with Crippen molar-refractivity contribution >= 4 is 73.6 Å². The first-order valence-electron chi connectivity index (χ1n) is 8.27. The van der Waals surface area contributed by atoms with Crippen LogP contribution in [-0.4, -0.2) is 16.0 Å². The van der Waals surface area contributed by atoms with Crippen molar-refractivity contribution in [2.24, 2.45) is 0 Å². The van der Waals surface area contributed by atoms with Crippen molar-refractivity contribution in [2.75, 3.05) is 0 Å².